The van der Waals surface area contributed by atoms with Crippen molar-refractivity contribution in [2.75, 3.05) is 6.61 Å². The molecule has 0 heterocycles. The quantitative estimate of drug-likeness (QED) is 0.318. The Balaban J connectivity index is 0.00000529. The maximum Gasteiger partial charge on any atom is 1.00 e. The molecule has 0 amide bonds. The van der Waals surface area contributed by atoms with Crippen LogP contribution in [0.5, 0.6) is 5.75 Å². The van der Waals surface area contributed by atoms with Crippen molar-refractivity contribution in [1.82, 2.24) is 0 Å². The minimum atomic E-state index is -4.21. The van der Waals surface area contributed by atoms with Gasteiger partial charge in [-0.3, -0.25) is 0 Å². The van der Waals surface area contributed by atoms with Crippen molar-refractivity contribution in [2.24, 2.45) is 0 Å². The minimum Gasteiger partial charge on any atom is -0.748 e. The molecular weight excluding hydrogens is 335 g/mol. The van der Waals surface area contributed by atoms with E-state index < -0.39 is 15.4 Å². The maximum absolute atomic E-state index is 10.8. The van der Waals surface area contributed by atoms with Gasteiger partial charge in [-0.1, -0.05) is 51.2 Å². The van der Waals surface area contributed by atoms with Gasteiger partial charge in [0.25, 0.3) is 0 Å². The molecule has 1 aromatic rings. The van der Waals surface area contributed by atoms with Crippen LogP contribution in [0, 0.1) is 0 Å². The average Bonchev–Trinajstić information content (AvgIpc) is 2.51. The van der Waals surface area contributed by atoms with Gasteiger partial charge in [0.05, 0.1) is 16.7 Å². The Bertz CT molecular complexity index is 528. The SMILES string of the molecule is CCCCCCCCc1ccc(OCCC(C)S(=O)(=O)[O-])cc1.[Na+]. The summed E-state index contributed by atoms with van der Waals surface area (Å²) in [5.41, 5.74) is 1.29. The number of hydrogen-bond acceptors (Lipinski definition) is 4. The molecule has 0 spiro atoms. The average molecular weight is 364 g/mol. The molecule has 1 aromatic carbocycles. The van der Waals surface area contributed by atoms with Crippen molar-refractivity contribution in [1.29, 1.82) is 0 Å². The van der Waals surface area contributed by atoms with Crippen LogP contribution in [0.4, 0.5) is 0 Å². The third-order valence-corrected chi connectivity index (χ3v) is 5.25. The minimum absolute atomic E-state index is 0. The van der Waals surface area contributed by atoms with E-state index in [0.29, 0.717) is 5.75 Å². The van der Waals surface area contributed by atoms with Gasteiger partial charge < -0.3 is 9.29 Å². The van der Waals surface area contributed by atoms with Crippen LogP contribution in [0.1, 0.15) is 64.4 Å². The zero-order valence-electron chi connectivity index (χ0n) is 15.3. The topological polar surface area (TPSA) is 66.4 Å². The van der Waals surface area contributed by atoms with Gasteiger partial charge in [-0.25, -0.2) is 8.42 Å². The number of aryl methyl sites for hydroxylation is 1. The maximum atomic E-state index is 10.8. The Morgan fingerprint density at radius 3 is 2.21 bits per heavy atom. The van der Waals surface area contributed by atoms with Gasteiger partial charge in [0.1, 0.15) is 5.75 Å². The van der Waals surface area contributed by atoms with Crippen LogP contribution < -0.4 is 34.3 Å². The van der Waals surface area contributed by atoms with Gasteiger partial charge in [0.15, 0.2) is 0 Å². The third-order valence-electron chi connectivity index (χ3n) is 4.03. The van der Waals surface area contributed by atoms with E-state index in [0.717, 1.165) is 6.42 Å². The first-order valence-electron chi connectivity index (χ1n) is 8.60. The van der Waals surface area contributed by atoms with E-state index in [2.05, 4.69) is 19.1 Å². The molecule has 1 rings (SSSR count). The summed E-state index contributed by atoms with van der Waals surface area (Å²) >= 11 is 0. The summed E-state index contributed by atoms with van der Waals surface area (Å²) in [6.45, 7) is 3.87. The van der Waals surface area contributed by atoms with E-state index in [-0.39, 0.29) is 42.6 Å². The van der Waals surface area contributed by atoms with Gasteiger partial charge in [-0.15, -0.1) is 0 Å². The third kappa shape index (κ3) is 10.7. The summed E-state index contributed by atoms with van der Waals surface area (Å²) in [7, 11) is -4.21. The molecule has 0 radical (unpaired) electrons. The molecule has 1 unspecified atom stereocenters. The Morgan fingerprint density at radius 1 is 1.04 bits per heavy atom. The molecular formula is C18H29NaO4S. The molecule has 0 aromatic heterocycles. The second-order valence-corrected chi connectivity index (χ2v) is 7.89. The van der Waals surface area contributed by atoms with Crippen LogP contribution in [0.15, 0.2) is 24.3 Å². The molecule has 4 nitrogen and oxygen atoms in total. The van der Waals surface area contributed by atoms with Crippen LogP contribution >= 0.6 is 0 Å². The van der Waals surface area contributed by atoms with Gasteiger partial charge in [-0.2, -0.15) is 0 Å². The summed E-state index contributed by atoms with van der Waals surface area (Å²) < 4.78 is 37.9. The molecule has 6 heteroatoms. The van der Waals surface area contributed by atoms with E-state index in [4.69, 9.17) is 4.74 Å². The number of unbranched alkanes of at least 4 members (excludes halogenated alkanes) is 5. The predicted octanol–water partition coefficient (Wildman–Crippen LogP) is 1.30. The van der Waals surface area contributed by atoms with E-state index in [1.54, 1.807) is 0 Å². The predicted molar refractivity (Wildman–Crippen MR) is 92.8 cm³/mol. The van der Waals surface area contributed by atoms with Crippen LogP contribution in [0.25, 0.3) is 0 Å². The molecule has 132 valence electrons. The monoisotopic (exact) mass is 364 g/mol. The Labute approximate surface area is 169 Å². The molecule has 1 atom stereocenters. The molecule has 0 saturated carbocycles. The summed E-state index contributed by atoms with van der Waals surface area (Å²) in [5, 5.41) is -0.908. The first-order chi connectivity index (χ1) is 10.9. The Morgan fingerprint density at radius 2 is 1.62 bits per heavy atom. The van der Waals surface area contributed by atoms with E-state index >= 15 is 0 Å². The molecule has 0 N–H and O–H groups in total. The van der Waals surface area contributed by atoms with Gasteiger partial charge in [-0.05, 0) is 43.9 Å². The van der Waals surface area contributed by atoms with E-state index in [1.807, 2.05) is 12.1 Å². The van der Waals surface area contributed by atoms with Crippen LogP contribution in [-0.4, -0.2) is 24.8 Å². The fourth-order valence-corrected chi connectivity index (χ4v) is 2.73. The molecule has 0 saturated heterocycles. The first-order valence-corrected chi connectivity index (χ1v) is 10.1. The van der Waals surface area contributed by atoms with E-state index in [1.165, 1.54) is 51.0 Å². The van der Waals surface area contributed by atoms with Gasteiger partial charge >= 0.3 is 29.6 Å². The summed E-state index contributed by atoms with van der Waals surface area (Å²) in [6, 6.07) is 7.91. The fourth-order valence-electron chi connectivity index (χ4n) is 2.35. The van der Waals surface area contributed by atoms with Crippen molar-refractivity contribution in [3.63, 3.8) is 0 Å². The van der Waals surface area contributed by atoms with Crippen molar-refractivity contribution in [2.45, 2.75) is 70.5 Å². The molecule has 0 aliphatic rings. The second kappa shape index (κ2) is 13.2. The number of rotatable bonds is 12. The fraction of sp³-hybridized carbons (Fsp3) is 0.667. The smallest absolute Gasteiger partial charge is 0.748 e. The Hall–Kier alpha value is -0.0700. The Kier molecular flexibility index (Phi) is 13.1. The molecule has 0 bridgehead atoms. The van der Waals surface area contributed by atoms with Crippen molar-refractivity contribution in [3.05, 3.63) is 29.8 Å². The largest absolute Gasteiger partial charge is 1.00 e. The molecule has 0 fully saturated rings. The summed E-state index contributed by atoms with van der Waals surface area (Å²) in [5.74, 6) is 0.715. The van der Waals surface area contributed by atoms with Crippen molar-refractivity contribution >= 4 is 10.1 Å². The number of benzene rings is 1. The zero-order valence-corrected chi connectivity index (χ0v) is 18.1. The van der Waals surface area contributed by atoms with Crippen molar-refractivity contribution < 1.29 is 47.3 Å². The standard InChI is InChI=1S/C18H30O4S.Na/c1-3-4-5-6-7-8-9-17-10-12-18(13-11-17)22-15-14-16(2)23(19,20)21;/h10-13,16H,3-9,14-15H2,1-2H3,(H,19,20,21);/q;+1/p-1. The number of hydrogen-bond donors (Lipinski definition) is 0. The van der Waals surface area contributed by atoms with E-state index in [9.17, 15) is 13.0 Å². The van der Waals surface area contributed by atoms with Gasteiger partial charge in [0.2, 0.25) is 0 Å². The normalized spacial score (nSPS) is 12.5. The first kappa shape index (κ1) is 23.9. The van der Waals surface area contributed by atoms with Crippen LogP contribution in [0.3, 0.4) is 0 Å². The summed E-state index contributed by atoms with van der Waals surface area (Å²) in [4.78, 5) is 0. The van der Waals surface area contributed by atoms with Gasteiger partial charge in [0, 0.05) is 5.25 Å². The second-order valence-electron chi connectivity index (χ2n) is 6.10. The van der Waals surface area contributed by atoms with Crippen LogP contribution in [-0.2, 0) is 16.5 Å². The number of ether oxygens (including phenoxy) is 1. The zero-order chi connectivity index (χ0) is 17.1. The molecule has 24 heavy (non-hydrogen) atoms. The van der Waals surface area contributed by atoms with Crippen LogP contribution in [0.2, 0.25) is 0 Å². The summed E-state index contributed by atoms with van der Waals surface area (Å²) in [6.07, 6.45) is 9.04. The molecule has 0 aliphatic carbocycles. The molecule has 0 aliphatic heterocycles. The van der Waals surface area contributed by atoms with Crippen molar-refractivity contribution in [3.8, 4) is 5.75 Å².